The minimum absolute atomic E-state index is 0.353. The zero-order valence-corrected chi connectivity index (χ0v) is 9.24. The van der Waals surface area contributed by atoms with Crippen LogP contribution in [0.25, 0.3) is 0 Å². The first-order chi connectivity index (χ1) is 6.69. The lowest BCUT2D eigenvalue weighted by Gasteiger charge is -2.39. The summed E-state index contributed by atoms with van der Waals surface area (Å²) < 4.78 is 0. The number of hydrogen-bond acceptors (Lipinski definition) is 3. The molecule has 3 nitrogen and oxygen atoms in total. The molecule has 0 aromatic rings. The second kappa shape index (κ2) is 5.33. The summed E-state index contributed by atoms with van der Waals surface area (Å²) in [7, 11) is 0. The summed E-state index contributed by atoms with van der Waals surface area (Å²) in [5.74, 6) is 0.566. The predicted octanol–water partition coefficient (Wildman–Crippen LogP) is 1.35. The molecule has 0 radical (unpaired) electrons. The highest BCUT2D eigenvalue weighted by Crippen LogP contribution is 2.19. The lowest BCUT2D eigenvalue weighted by Crippen LogP contribution is -2.49. The summed E-state index contributed by atoms with van der Waals surface area (Å²) >= 11 is 0. The van der Waals surface area contributed by atoms with Crippen LogP contribution in [-0.2, 0) is 0 Å². The van der Waals surface area contributed by atoms with Crippen molar-refractivity contribution in [3.8, 4) is 6.07 Å². The Morgan fingerprint density at radius 3 is 2.86 bits per heavy atom. The Labute approximate surface area is 86.9 Å². The molecule has 3 heteroatoms. The van der Waals surface area contributed by atoms with Gasteiger partial charge in [0, 0.05) is 18.6 Å². The Balaban J connectivity index is 2.48. The van der Waals surface area contributed by atoms with E-state index in [1.54, 1.807) is 0 Å². The lowest BCUT2D eigenvalue weighted by atomic mass is 9.93. The Bertz CT molecular complexity index is 209. The molecule has 80 valence electrons. The van der Waals surface area contributed by atoms with Crippen LogP contribution in [-0.4, -0.2) is 30.1 Å². The van der Waals surface area contributed by atoms with Crippen LogP contribution < -0.4 is 5.73 Å². The van der Waals surface area contributed by atoms with Crippen molar-refractivity contribution in [2.45, 2.75) is 45.2 Å². The maximum atomic E-state index is 8.71. The van der Waals surface area contributed by atoms with Gasteiger partial charge >= 0.3 is 0 Å². The summed E-state index contributed by atoms with van der Waals surface area (Å²) in [5.41, 5.74) is 5.96. The van der Waals surface area contributed by atoms with Gasteiger partial charge in [0.1, 0.15) is 0 Å². The Kier molecular flexibility index (Phi) is 4.37. The highest BCUT2D eigenvalue weighted by Gasteiger charge is 2.26. The molecule has 0 amide bonds. The van der Waals surface area contributed by atoms with Gasteiger partial charge < -0.3 is 5.73 Å². The molecule has 0 aromatic carbocycles. The van der Waals surface area contributed by atoms with Crippen LogP contribution in [0.2, 0.25) is 0 Å². The molecule has 0 saturated carbocycles. The molecular weight excluding hydrogens is 174 g/mol. The molecule has 1 fully saturated rings. The van der Waals surface area contributed by atoms with Gasteiger partial charge in [0.25, 0.3) is 0 Å². The van der Waals surface area contributed by atoms with Gasteiger partial charge in [-0.05, 0) is 25.3 Å². The zero-order valence-electron chi connectivity index (χ0n) is 9.24. The van der Waals surface area contributed by atoms with Crippen LogP contribution in [0.5, 0.6) is 0 Å². The third kappa shape index (κ3) is 2.70. The first-order valence-electron chi connectivity index (χ1n) is 5.55. The van der Waals surface area contributed by atoms with E-state index in [0.29, 0.717) is 24.4 Å². The van der Waals surface area contributed by atoms with Gasteiger partial charge in [-0.2, -0.15) is 5.26 Å². The van der Waals surface area contributed by atoms with Crippen LogP contribution in [0.3, 0.4) is 0 Å². The monoisotopic (exact) mass is 195 g/mol. The average molecular weight is 195 g/mol. The maximum Gasteiger partial charge on any atom is 0.0638 e. The third-order valence-corrected chi connectivity index (χ3v) is 3.32. The number of nitrogens with two attached hydrogens (primary N) is 1. The minimum atomic E-state index is 0.353. The van der Waals surface area contributed by atoms with Gasteiger partial charge in [-0.25, -0.2) is 0 Å². The van der Waals surface area contributed by atoms with E-state index < -0.39 is 0 Å². The molecule has 1 saturated heterocycles. The molecular formula is C11H21N3. The first kappa shape index (κ1) is 11.5. The van der Waals surface area contributed by atoms with E-state index in [4.69, 9.17) is 11.0 Å². The highest BCUT2D eigenvalue weighted by molar-refractivity contribution is 4.87. The number of likely N-dealkylation sites (tertiary alicyclic amines) is 1. The molecule has 1 aliphatic rings. The number of rotatable bonds is 3. The molecule has 14 heavy (non-hydrogen) atoms. The lowest BCUT2D eigenvalue weighted by molar-refractivity contribution is 0.114. The minimum Gasteiger partial charge on any atom is -0.327 e. The number of hydrogen-bond donors (Lipinski definition) is 1. The SMILES string of the molecule is CCC(CC#N)N1CCC(N)C(C)C1. The highest BCUT2D eigenvalue weighted by atomic mass is 15.2. The van der Waals surface area contributed by atoms with E-state index in [0.717, 1.165) is 25.9 Å². The molecule has 2 N–H and O–H groups in total. The van der Waals surface area contributed by atoms with Gasteiger partial charge in [0.15, 0.2) is 0 Å². The van der Waals surface area contributed by atoms with Gasteiger partial charge in [-0.15, -0.1) is 0 Å². The Morgan fingerprint density at radius 2 is 2.36 bits per heavy atom. The summed E-state index contributed by atoms with van der Waals surface area (Å²) in [5, 5.41) is 8.71. The van der Waals surface area contributed by atoms with E-state index in [2.05, 4.69) is 24.8 Å². The molecule has 3 unspecified atom stereocenters. The van der Waals surface area contributed by atoms with Crippen molar-refractivity contribution in [3.63, 3.8) is 0 Å². The Hall–Kier alpha value is -0.590. The van der Waals surface area contributed by atoms with Crippen LogP contribution in [0.1, 0.15) is 33.1 Å². The quantitative estimate of drug-likeness (QED) is 0.739. The molecule has 1 heterocycles. The summed E-state index contributed by atoms with van der Waals surface area (Å²) in [6.07, 6.45) is 2.79. The fourth-order valence-electron chi connectivity index (χ4n) is 2.16. The van der Waals surface area contributed by atoms with E-state index >= 15 is 0 Å². The molecule has 1 aliphatic heterocycles. The van der Waals surface area contributed by atoms with Crippen molar-refractivity contribution in [3.05, 3.63) is 0 Å². The van der Waals surface area contributed by atoms with Crippen molar-refractivity contribution < 1.29 is 0 Å². The van der Waals surface area contributed by atoms with Crippen LogP contribution in [0, 0.1) is 17.2 Å². The number of nitrogens with zero attached hydrogens (tertiary/aromatic N) is 2. The second-order valence-corrected chi connectivity index (χ2v) is 4.35. The molecule has 3 atom stereocenters. The van der Waals surface area contributed by atoms with E-state index in [1.807, 2.05) is 0 Å². The van der Waals surface area contributed by atoms with E-state index in [-0.39, 0.29) is 0 Å². The maximum absolute atomic E-state index is 8.71. The summed E-state index contributed by atoms with van der Waals surface area (Å²) in [6, 6.07) is 3.06. The van der Waals surface area contributed by atoms with Gasteiger partial charge in [0.05, 0.1) is 12.5 Å². The second-order valence-electron chi connectivity index (χ2n) is 4.35. The number of piperidine rings is 1. The van der Waals surface area contributed by atoms with Crippen molar-refractivity contribution in [1.82, 2.24) is 4.90 Å². The summed E-state index contributed by atoms with van der Waals surface area (Å²) in [6.45, 7) is 6.48. The topological polar surface area (TPSA) is 53.0 Å². The van der Waals surface area contributed by atoms with Gasteiger partial charge in [-0.3, -0.25) is 4.90 Å². The Morgan fingerprint density at radius 1 is 1.64 bits per heavy atom. The van der Waals surface area contributed by atoms with Crippen molar-refractivity contribution in [1.29, 1.82) is 5.26 Å². The normalized spacial score (nSPS) is 31.0. The predicted molar refractivity (Wildman–Crippen MR) is 57.6 cm³/mol. The largest absolute Gasteiger partial charge is 0.327 e. The smallest absolute Gasteiger partial charge is 0.0638 e. The van der Waals surface area contributed by atoms with E-state index in [1.165, 1.54) is 0 Å². The molecule has 0 spiro atoms. The fourth-order valence-corrected chi connectivity index (χ4v) is 2.16. The molecule has 0 aliphatic carbocycles. The van der Waals surface area contributed by atoms with E-state index in [9.17, 15) is 0 Å². The number of nitriles is 1. The average Bonchev–Trinajstić information content (AvgIpc) is 2.19. The van der Waals surface area contributed by atoms with Crippen molar-refractivity contribution in [2.75, 3.05) is 13.1 Å². The van der Waals surface area contributed by atoms with Crippen LogP contribution >= 0.6 is 0 Å². The van der Waals surface area contributed by atoms with Gasteiger partial charge in [-0.1, -0.05) is 13.8 Å². The van der Waals surface area contributed by atoms with Gasteiger partial charge in [0.2, 0.25) is 0 Å². The fraction of sp³-hybridized carbons (Fsp3) is 0.909. The van der Waals surface area contributed by atoms with Crippen molar-refractivity contribution in [2.24, 2.45) is 11.7 Å². The first-order valence-corrected chi connectivity index (χ1v) is 5.55. The summed E-state index contributed by atoms with van der Waals surface area (Å²) in [4.78, 5) is 2.43. The van der Waals surface area contributed by atoms with Crippen molar-refractivity contribution >= 4 is 0 Å². The molecule has 0 bridgehead atoms. The molecule has 1 rings (SSSR count). The zero-order chi connectivity index (χ0) is 10.6. The van der Waals surface area contributed by atoms with Crippen LogP contribution in [0.4, 0.5) is 0 Å². The third-order valence-electron chi connectivity index (χ3n) is 3.32. The molecule has 0 aromatic heterocycles. The van der Waals surface area contributed by atoms with Crippen LogP contribution in [0.15, 0.2) is 0 Å². The standard InChI is InChI=1S/C11H21N3/c1-3-10(4-6-12)14-7-5-11(13)9(2)8-14/h9-11H,3-5,7-8,13H2,1-2H3.